The molecule has 0 atom stereocenters. The van der Waals surface area contributed by atoms with E-state index >= 15 is 0 Å². The van der Waals surface area contributed by atoms with E-state index in [1.54, 1.807) is 0 Å². The van der Waals surface area contributed by atoms with Crippen molar-refractivity contribution < 1.29 is 33.9 Å². The van der Waals surface area contributed by atoms with E-state index in [9.17, 15) is 25.3 Å². The number of hydrogen-bond donors (Lipinski definition) is 1. The first kappa shape index (κ1) is 48.7. The second-order valence-corrected chi connectivity index (χ2v) is 16.2. The SMILES string of the molecule is CCCCCCCCCCOc1cc2nc3cc(O)c(Oc4cc([N+](=O)[O-])c([N+](=O)[O-])cc4OCCCCCCCCCC)cc3nc2cc1OCCCCCCCCCC. The zero-order valence-corrected chi connectivity index (χ0v) is 37.1. The topological polar surface area (TPSA) is 169 Å². The smallest absolute Gasteiger partial charge is 0.350 e. The van der Waals surface area contributed by atoms with Gasteiger partial charge >= 0.3 is 11.4 Å². The van der Waals surface area contributed by atoms with Gasteiger partial charge in [0.15, 0.2) is 34.5 Å². The minimum absolute atomic E-state index is 0.0397. The van der Waals surface area contributed by atoms with Crippen LogP contribution >= 0.6 is 0 Å². The Morgan fingerprint density at radius 2 is 0.721 bits per heavy atom. The number of nitro groups is 2. The maximum atomic E-state index is 11.9. The number of phenolic OH excluding ortho intramolecular Hbond substituents is 1. The first-order chi connectivity index (χ1) is 29.7. The van der Waals surface area contributed by atoms with Gasteiger partial charge in [-0.15, -0.1) is 0 Å². The molecule has 0 fully saturated rings. The van der Waals surface area contributed by atoms with Crippen LogP contribution < -0.4 is 18.9 Å². The van der Waals surface area contributed by atoms with Gasteiger partial charge in [-0.05, 0) is 19.3 Å². The summed E-state index contributed by atoms with van der Waals surface area (Å²) in [6.45, 7) is 7.98. The highest BCUT2D eigenvalue weighted by Crippen LogP contribution is 2.44. The molecule has 0 aliphatic rings. The highest BCUT2D eigenvalue weighted by atomic mass is 16.6. The highest BCUT2D eigenvalue weighted by molar-refractivity contribution is 5.89. The molecule has 0 saturated heterocycles. The molecule has 336 valence electrons. The molecular weight excluding hydrogens is 777 g/mol. The van der Waals surface area contributed by atoms with Gasteiger partial charge in [0.25, 0.3) is 0 Å². The zero-order chi connectivity index (χ0) is 43.7. The van der Waals surface area contributed by atoms with Gasteiger partial charge in [-0.2, -0.15) is 0 Å². The van der Waals surface area contributed by atoms with Crippen LogP contribution in [0.25, 0.3) is 22.1 Å². The second kappa shape index (κ2) is 27.8. The molecule has 0 spiro atoms. The van der Waals surface area contributed by atoms with E-state index in [4.69, 9.17) is 28.9 Å². The second-order valence-electron chi connectivity index (χ2n) is 16.2. The van der Waals surface area contributed by atoms with Crippen LogP contribution in [0.1, 0.15) is 175 Å². The summed E-state index contributed by atoms with van der Waals surface area (Å²) < 4.78 is 24.6. The van der Waals surface area contributed by atoms with Gasteiger partial charge in [-0.3, -0.25) is 20.2 Å². The van der Waals surface area contributed by atoms with Crippen molar-refractivity contribution in [1.29, 1.82) is 0 Å². The molecule has 13 nitrogen and oxygen atoms in total. The summed E-state index contributed by atoms with van der Waals surface area (Å²) in [5, 5.41) is 34.9. The Balaban J connectivity index is 1.54. The van der Waals surface area contributed by atoms with E-state index in [0.29, 0.717) is 53.2 Å². The van der Waals surface area contributed by atoms with Gasteiger partial charge in [0.05, 0.1) is 63.9 Å². The Labute approximate surface area is 362 Å². The molecule has 1 heterocycles. The van der Waals surface area contributed by atoms with Crippen molar-refractivity contribution in [2.45, 2.75) is 175 Å². The van der Waals surface area contributed by atoms with Gasteiger partial charge in [-0.25, -0.2) is 9.97 Å². The molecular formula is C48H70N4O9. The van der Waals surface area contributed by atoms with Gasteiger partial charge in [0.2, 0.25) is 0 Å². The molecule has 0 radical (unpaired) electrons. The monoisotopic (exact) mass is 847 g/mol. The van der Waals surface area contributed by atoms with Crippen molar-refractivity contribution in [2.75, 3.05) is 19.8 Å². The Morgan fingerprint density at radius 3 is 1.08 bits per heavy atom. The summed E-state index contributed by atoms with van der Waals surface area (Å²) in [5.41, 5.74) is 0.415. The molecule has 0 saturated carbocycles. The molecule has 1 N–H and O–H groups in total. The standard InChI is InChI=1S/C48H70N4O9/c1-4-7-10-13-16-19-22-25-28-58-45-33-39-40(34-46(45)59-29-26-23-20-17-14-11-8-5-2)50-38-32-44(43(53)31-37(38)49-39)61-48-36-42(52(56)57)41(51(54)55)35-47(48)60-30-27-24-21-18-15-12-9-6-3/h31-36,53H,4-30H2,1-3H3. The summed E-state index contributed by atoms with van der Waals surface area (Å²) in [5.74, 6) is 0.644. The Kier molecular flexibility index (Phi) is 22.2. The van der Waals surface area contributed by atoms with Crippen molar-refractivity contribution in [3.05, 3.63) is 56.6 Å². The number of nitrogens with zero attached hydrogens (tertiary/aromatic N) is 4. The van der Waals surface area contributed by atoms with Crippen molar-refractivity contribution >= 4 is 33.4 Å². The Bertz CT molecular complexity index is 1940. The fourth-order valence-corrected chi connectivity index (χ4v) is 7.41. The van der Waals surface area contributed by atoms with Crippen LogP contribution in [-0.4, -0.2) is 44.7 Å². The van der Waals surface area contributed by atoms with Gasteiger partial charge in [0, 0.05) is 24.3 Å². The quantitative estimate of drug-likeness (QED) is 0.0205. The van der Waals surface area contributed by atoms with E-state index < -0.39 is 21.2 Å². The molecule has 4 rings (SSSR count). The lowest BCUT2D eigenvalue weighted by Crippen LogP contribution is -2.04. The number of unbranched alkanes of at least 4 members (excludes halogenated alkanes) is 21. The normalized spacial score (nSPS) is 11.3. The van der Waals surface area contributed by atoms with Crippen LogP contribution in [0.3, 0.4) is 0 Å². The predicted octanol–water partition coefficient (Wildman–Crippen LogP) is 14.7. The molecule has 0 aliphatic carbocycles. The summed E-state index contributed by atoms with van der Waals surface area (Å²) >= 11 is 0. The molecule has 1 aromatic heterocycles. The van der Waals surface area contributed by atoms with Crippen LogP contribution in [0.5, 0.6) is 34.5 Å². The number of aromatic hydroxyl groups is 1. The molecule has 0 bridgehead atoms. The van der Waals surface area contributed by atoms with E-state index in [2.05, 4.69) is 20.8 Å². The van der Waals surface area contributed by atoms with Gasteiger partial charge < -0.3 is 24.1 Å². The number of fused-ring (bicyclic) bond motifs is 2. The lowest BCUT2D eigenvalue weighted by Gasteiger charge is -2.15. The molecule has 0 unspecified atom stereocenters. The van der Waals surface area contributed by atoms with Crippen molar-refractivity contribution in [3.63, 3.8) is 0 Å². The van der Waals surface area contributed by atoms with Crippen LogP contribution in [0, 0.1) is 20.2 Å². The van der Waals surface area contributed by atoms with Gasteiger partial charge in [-0.1, -0.05) is 156 Å². The summed E-state index contributed by atoms with van der Waals surface area (Å²) in [4.78, 5) is 31.7. The fraction of sp³-hybridized carbons (Fsp3) is 0.625. The number of hydrogen-bond acceptors (Lipinski definition) is 11. The van der Waals surface area contributed by atoms with Crippen LogP contribution in [-0.2, 0) is 0 Å². The Hall–Kier alpha value is -4.94. The number of ether oxygens (including phenoxy) is 4. The van der Waals surface area contributed by atoms with Crippen molar-refractivity contribution in [1.82, 2.24) is 9.97 Å². The largest absolute Gasteiger partial charge is 0.504 e. The van der Waals surface area contributed by atoms with Crippen LogP contribution in [0.15, 0.2) is 36.4 Å². The minimum Gasteiger partial charge on any atom is -0.504 e. The molecule has 0 amide bonds. The van der Waals surface area contributed by atoms with E-state index in [1.807, 2.05) is 12.1 Å². The fourth-order valence-electron chi connectivity index (χ4n) is 7.41. The van der Waals surface area contributed by atoms with Crippen molar-refractivity contribution in [2.24, 2.45) is 0 Å². The third-order valence-electron chi connectivity index (χ3n) is 11.0. The summed E-state index contributed by atoms with van der Waals surface area (Å²) in [7, 11) is 0. The maximum Gasteiger partial charge on any atom is 0.350 e. The number of phenols is 1. The van der Waals surface area contributed by atoms with Crippen molar-refractivity contribution in [3.8, 4) is 34.5 Å². The first-order valence-corrected chi connectivity index (χ1v) is 23.3. The summed E-state index contributed by atoms with van der Waals surface area (Å²) in [6, 6.07) is 8.53. The average Bonchev–Trinajstić information content (AvgIpc) is 3.24. The number of nitro benzene ring substituents is 2. The molecule has 0 aliphatic heterocycles. The van der Waals surface area contributed by atoms with E-state index in [1.165, 1.54) is 115 Å². The lowest BCUT2D eigenvalue weighted by atomic mass is 10.1. The zero-order valence-electron chi connectivity index (χ0n) is 37.1. The predicted molar refractivity (Wildman–Crippen MR) is 243 cm³/mol. The van der Waals surface area contributed by atoms with Crippen LogP contribution in [0.4, 0.5) is 11.4 Å². The molecule has 13 heteroatoms. The third-order valence-corrected chi connectivity index (χ3v) is 11.0. The number of benzene rings is 3. The number of aromatic nitrogens is 2. The molecule has 61 heavy (non-hydrogen) atoms. The van der Waals surface area contributed by atoms with Crippen LogP contribution in [0.2, 0.25) is 0 Å². The van der Waals surface area contributed by atoms with E-state index in [0.717, 1.165) is 57.1 Å². The highest BCUT2D eigenvalue weighted by Gasteiger charge is 2.29. The van der Waals surface area contributed by atoms with Gasteiger partial charge in [0.1, 0.15) is 0 Å². The first-order valence-electron chi connectivity index (χ1n) is 23.3. The lowest BCUT2D eigenvalue weighted by molar-refractivity contribution is -0.422. The summed E-state index contributed by atoms with van der Waals surface area (Å²) in [6.07, 6.45) is 27.7. The average molecular weight is 847 g/mol. The molecule has 3 aromatic carbocycles. The Morgan fingerprint density at radius 1 is 0.426 bits per heavy atom. The van der Waals surface area contributed by atoms with E-state index in [-0.39, 0.29) is 29.6 Å². The minimum atomic E-state index is -0.840. The molecule has 4 aromatic rings. The number of rotatable bonds is 34. The third kappa shape index (κ3) is 16.8. The maximum absolute atomic E-state index is 11.9.